The van der Waals surface area contributed by atoms with Gasteiger partial charge in [-0.15, -0.1) is 0 Å². The molecule has 2 aromatic heterocycles. The van der Waals surface area contributed by atoms with E-state index in [2.05, 4.69) is 10.2 Å². The van der Waals surface area contributed by atoms with Crippen LogP contribution in [0, 0.1) is 20.8 Å². The molecule has 2 rings (SSSR count). The van der Waals surface area contributed by atoms with Crippen molar-refractivity contribution in [3.8, 4) is 0 Å². The van der Waals surface area contributed by atoms with Crippen LogP contribution in [0.15, 0.2) is 0 Å². The number of carbonyl (C=O) groups excluding carboxylic acids is 1. The minimum Gasteiger partial charge on any atom is -0.299 e. The van der Waals surface area contributed by atoms with Crippen molar-refractivity contribution in [3.63, 3.8) is 0 Å². The quantitative estimate of drug-likeness (QED) is 0.852. The van der Waals surface area contributed by atoms with Crippen molar-refractivity contribution in [2.24, 2.45) is 14.1 Å². The highest BCUT2D eigenvalue weighted by atomic mass is 35.5. The van der Waals surface area contributed by atoms with Crippen molar-refractivity contribution in [1.82, 2.24) is 19.6 Å². The first-order valence-corrected chi connectivity index (χ1v) is 7.37. The molecular formula is C15H21ClN4O. The van der Waals surface area contributed by atoms with E-state index in [1.807, 2.05) is 39.5 Å². The summed E-state index contributed by atoms with van der Waals surface area (Å²) in [6.45, 7) is 5.86. The number of aromatic nitrogens is 4. The van der Waals surface area contributed by atoms with Gasteiger partial charge in [0.1, 0.15) is 5.78 Å². The summed E-state index contributed by atoms with van der Waals surface area (Å²) in [5.41, 5.74) is 4.84. The average Bonchev–Trinajstić information content (AvgIpc) is 2.79. The molecule has 0 aliphatic heterocycles. The van der Waals surface area contributed by atoms with Crippen molar-refractivity contribution >= 4 is 17.4 Å². The Balaban J connectivity index is 2.02. The Morgan fingerprint density at radius 1 is 1.10 bits per heavy atom. The Morgan fingerprint density at radius 3 is 2.19 bits per heavy atom. The predicted molar refractivity (Wildman–Crippen MR) is 82.7 cm³/mol. The van der Waals surface area contributed by atoms with Crippen molar-refractivity contribution < 1.29 is 4.79 Å². The zero-order chi connectivity index (χ0) is 15.7. The number of halogens is 1. The van der Waals surface area contributed by atoms with E-state index in [9.17, 15) is 4.79 Å². The molecule has 0 saturated heterocycles. The molecule has 0 fully saturated rings. The predicted octanol–water partition coefficient (Wildman–Crippen LogP) is 2.48. The molecule has 0 saturated carbocycles. The Bertz CT molecular complexity index is 684. The van der Waals surface area contributed by atoms with E-state index in [1.165, 1.54) is 0 Å². The molecule has 6 heteroatoms. The molecule has 0 amide bonds. The van der Waals surface area contributed by atoms with Gasteiger partial charge in [0.2, 0.25) is 0 Å². The van der Waals surface area contributed by atoms with Gasteiger partial charge in [0.25, 0.3) is 0 Å². The molecule has 0 aliphatic rings. The molecule has 0 N–H and O–H groups in total. The zero-order valence-electron chi connectivity index (χ0n) is 13.2. The number of carbonyl (C=O) groups is 1. The minimum absolute atomic E-state index is 0.169. The number of hydrogen-bond acceptors (Lipinski definition) is 3. The second-order valence-electron chi connectivity index (χ2n) is 5.46. The van der Waals surface area contributed by atoms with Crippen LogP contribution in [0.2, 0.25) is 5.02 Å². The van der Waals surface area contributed by atoms with Gasteiger partial charge in [0, 0.05) is 32.6 Å². The van der Waals surface area contributed by atoms with Crippen LogP contribution in [0.5, 0.6) is 0 Å². The largest absolute Gasteiger partial charge is 0.299 e. The number of hydrogen-bond donors (Lipinski definition) is 0. The fourth-order valence-electron chi connectivity index (χ4n) is 2.59. The van der Waals surface area contributed by atoms with Gasteiger partial charge < -0.3 is 0 Å². The SMILES string of the molecule is Cc1nn(C)c(CC(=O)CCc2c(C)nn(C)c2C)c1Cl. The maximum absolute atomic E-state index is 12.2. The molecule has 114 valence electrons. The molecule has 21 heavy (non-hydrogen) atoms. The number of Topliss-reactive ketones (excluding diaryl/α,β-unsaturated/α-hetero) is 1. The summed E-state index contributed by atoms with van der Waals surface area (Å²) >= 11 is 6.18. The van der Waals surface area contributed by atoms with Crippen molar-refractivity contribution in [1.29, 1.82) is 0 Å². The summed E-state index contributed by atoms with van der Waals surface area (Å²) in [5, 5.41) is 9.20. The van der Waals surface area contributed by atoms with Crippen LogP contribution in [0.3, 0.4) is 0 Å². The maximum atomic E-state index is 12.2. The molecule has 2 heterocycles. The van der Waals surface area contributed by atoms with Crippen molar-refractivity contribution in [3.05, 3.63) is 33.4 Å². The standard InChI is InChI=1S/C15H21ClN4O/c1-9-13(11(3)19(4)17-9)7-6-12(21)8-14-15(16)10(2)18-20(14)5/h6-8H2,1-5H3. The third kappa shape index (κ3) is 3.18. The Hall–Kier alpha value is -1.62. The van der Waals surface area contributed by atoms with Gasteiger partial charge in [-0.25, -0.2) is 0 Å². The Labute approximate surface area is 129 Å². The summed E-state index contributed by atoms with van der Waals surface area (Å²) in [4.78, 5) is 12.2. The van der Waals surface area contributed by atoms with E-state index in [0.29, 0.717) is 17.9 Å². The maximum Gasteiger partial charge on any atom is 0.139 e. The molecule has 2 aromatic rings. The van der Waals surface area contributed by atoms with Gasteiger partial charge in [0.15, 0.2) is 0 Å². The summed E-state index contributed by atoms with van der Waals surface area (Å²) in [6.07, 6.45) is 1.54. The van der Waals surface area contributed by atoms with E-state index in [1.54, 1.807) is 4.68 Å². The highest BCUT2D eigenvalue weighted by molar-refractivity contribution is 6.32. The van der Waals surface area contributed by atoms with Crippen LogP contribution in [-0.2, 0) is 31.7 Å². The summed E-state index contributed by atoms with van der Waals surface area (Å²) < 4.78 is 3.55. The third-order valence-corrected chi connectivity index (χ3v) is 4.43. The number of rotatable bonds is 5. The second-order valence-corrected chi connectivity index (χ2v) is 5.84. The smallest absolute Gasteiger partial charge is 0.139 e. The fraction of sp³-hybridized carbons (Fsp3) is 0.533. The van der Waals surface area contributed by atoms with Gasteiger partial charge >= 0.3 is 0 Å². The van der Waals surface area contributed by atoms with Crippen LogP contribution in [-0.4, -0.2) is 25.3 Å². The van der Waals surface area contributed by atoms with Crippen molar-refractivity contribution in [2.45, 2.75) is 40.0 Å². The normalized spacial score (nSPS) is 11.1. The van der Waals surface area contributed by atoms with Gasteiger partial charge in [-0.05, 0) is 32.8 Å². The van der Waals surface area contributed by atoms with E-state index in [-0.39, 0.29) is 5.78 Å². The highest BCUT2D eigenvalue weighted by Crippen LogP contribution is 2.21. The molecule has 0 aromatic carbocycles. The van der Waals surface area contributed by atoms with E-state index >= 15 is 0 Å². The lowest BCUT2D eigenvalue weighted by Gasteiger charge is -2.04. The average molecular weight is 309 g/mol. The lowest BCUT2D eigenvalue weighted by Crippen LogP contribution is -2.09. The lowest BCUT2D eigenvalue weighted by atomic mass is 10.0. The summed E-state index contributed by atoms with van der Waals surface area (Å²) in [5.74, 6) is 0.169. The molecular weight excluding hydrogens is 288 g/mol. The van der Waals surface area contributed by atoms with Crippen LogP contribution in [0.4, 0.5) is 0 Å². The zero-order valence-corrected chi connectivity index (χ0v) is 14.0. The minimum atomic E-state index is 0.169. The first-order valence-electron chi connectivity index (χ1n) is 7.00. The monoisotopic (exact) mass is 308 g/mol. The Morgan fingerprint density at radius 2 is 1.71 bits per heavy atom. The third-order valence-electron chi connectivity index (χ3n) is 3.94. The summed E-state index contributed by atoms with van der Waals surface area (Å²) in [7, 11) is 3.74. The van der Waals surface area contributed by atoms with E-state index in [0.717, 1.165) is 34.8 Å². The molecule has 0 atom stereocenters. The number of nitrogens with zero attached hydrogens (tertiary/aromatic N) is 4. The van der Waals surface area contributed by atoms with Crippen LogP contribution >= 0.6 is 11.6 Å². The highest BCUT2D eigenvalue weighted by Gasteiger charge is 2.16. The first-order chi connectivity index (χ1) is 9.81. The molecule has 0 unspecified atom stereocenters. The molecule has 0 radical (unpaired) electrons. The Kier molecular flexibility index (Phi) is 4.52. The first kappa shape index (κ1) is 15.8. The van der Waals surface area contributed by atoms with Gasteiger partial charge in [-0.1, -0.05) is 11.6 Å². The van der Waals surface area contributed by atoms with Crippen LogP contribution in [0.1, 0.15) is 34.8 Å². The van der Waals surface area contributed by atoms with Crippen LogP contribution < -0.4 is 0 Å². The van der Waals surface area contributed by atoms with Crippen LogP contribution in [0.25, 0.3) is 0 Å². The van der Waals surface area contributed by atoms with Crippen molar-refractivity contribution in [2.75, 3.05) is 0 Å². The molecule has 0 spiro atoms. The van der Waals surface area contributed by atoms with E-state index in [4.69, 9.17) is 11.6 Å². The lowest BCUT2D eigenvalue weighted by molar-refractivity contribution is -0.118. The number of ketones is 1. The van der Waals surface area contributed by atoms with Gasteiger partial charge in [0.05, 0.1) is 22.1 Å². The number of aryl methyl sites for hydroxylation is 4. The fourth-order valence-corrected chi connectivity index (χ4v) is 2.82. The molecule has 5 nitrogen and oxygen atoms in total. The van der Waals surface area contributed by atoms with Gasteiger partial charge in [-0.3, -0.25) is 14.2 Å². The molecule has 0 aliphatic carbocycles. The topological polar surface area (TPSA) is 52.7 Å². The van der Waals surface area contributed by atoms with Gasteiger partial charge in [-0.2, -0.15) is 10.2 Å². The second kappa shape index (κ2) is 6.02. The molecule has 0 bridgehead atoms. The summed E-state index contributed by atoms with van der Waals surface area (Å²) in [6, 6.07) is 0. The van der Waals surface area contributed by atoms with E-state index < -0.39 is 0 Å².